The minimum Gasteiger partial charge on any atom is -0.480 e. The van der Waals surface area contributed by atoms with Crippen LogP contribution in [0.3, 0.4) is 0 Å². The van der Waals surface area contributed by atoms with Crippen molar-refractivity contribution in [2.75, 3.05) is 0 Å². The van der Waals surface area contributed by atoms with Crippen LogP contribution in [-0.2, 0) is 4.79 Å². The average Bonchev–Trinajstić information content (AvgIpc) is 3.22. The molecule has 6 heteroatoms. The Labute approximate surface area is 128 Å². The van der Waals surface area contributed by atoms with Crippen LogP contribution < -0.4 is 5.32 Å². The lowest BCUT2D eigenvalue weighted by molar-refractivity contribution is -0.145. The molecule has 5 nitrogen and oxygen atoms in total. The number of aromatic nitrogens is 1. The van der Waals surface area contributed by atoms with Crippen LogP contribution in [0.5, 0.6) is 0 Å². The fourth-order valence-electron chi connectivity index (χ4n) is 3.11. The van der Waals surface area contributed by atoms with Crippen LogP contribution >= 0.6 is 11.6 Å². The maximum absolute atomic E-state index is 12.5. The van der Waals surface area contributed by atoms with Crippen LogP contribution in [0.15, 0.2) is 12.3 Å². The first-order valence-electron chi connectivity index (χ1n) is 7.45. The lowest BCUT2D eigenvalue weighted by Gasteiger charge is -2.34. The van der Waals surface area contributed by atoms with Crippen molar-refractivity contribution in [2.24, 2.45) is 0 Å². The van der Waals surface area contributed by atoms with Crippen LogP contribution in [0.1, 0.15) is 61.5 Å². The first-order valence-corrected chi connectivity index (χ1v) is 7.83. The first kappa shape index (κ1) is 14.4. The van der Waals surface area contributed by atoms with Crippen molar-refractivity contribution < 1.29 is 14.7 Å². The van der Waals surface area contributed by atoms with E-state index in [0.717, 1.165) is 32.1 Å². The van der Waals surface area contributed by atoms with E-state index < -0.39 is 11.5 Å². The van der Waals surface area contributed by atoms with Crippen molar-refractivity contribution in [1.29, 1.82) is 0 Å². The smallest absolute Gasteiger partial charge is 0.329 e. The number of amides is 1. The van der Waals surface area contributed by atoms with Crippen LogP contribution in [0.4, 0.5) is 0 Å². The molecule has 2 aliphatic rings. The van der Waals surface area contributed by atoms with Gasteiger partial charge in [0, 0.05) is 12.2 Å². The molecule has 3 rings (SSSR count). The van der Waals surface area contributed by atoms with Gasteiger partial charge in [0.25, 0.3) is 5.91 Å². The molecule has 1 aromatic rings. The number of carbonyl (C=O) groups is 2. The minimum absolute atomic E-state index is 0.324. The maximum atomic E-state index is 12.5. The number of hydrogen-bond acceptors (Lipinski definition) is 2. The summed E-state index contributed by atoms with van der Waals surface area (Å²) in [7, 11) is 0. The molecular weight excluding hydrogens is 292 g/mol. The fraction of sp³-hybridized carbons (Fsp3) is 0.600. The highest BCUT2D eigenvalue weighted by Crippen LogP contribution is 2.37. The van der Waals surface area contributed by atoms with Crippen LogP contribution in [0.2, 0.25) is 5.02 Å². The second-order valence-electron chi connectivity index (χ2n) is 6.08. The lowest BCUT2D eigenvalue weighted by Crippen LogP contribution is -2.55. The third kappa shape index (κ3) is 2.79. The number of aliphatic carboxylic acids is 1. The van der Waals surface area contributed by atoms with E-state index >= 15 is 0 Å². The summed E-state index contributed by atoms with van der Waals surface area (Å²) in [5, 5.41) is 12.8. The highest BCUT2D eigenvalue weighted by atomic mass is 35.5. The largest absolute Gasteiger partial charge is 0.480 e. The quantitative estimate of drug-likeness (QED) is 0.898. The molecule has 1 amide bonds. The third-order valence-electron chi connectivity index (χ3n) is 4.46. The molecule has 0 aromatic carbocycles. The fourth-order valence-corrected chi connectivity index (χ4v) is 3.32. The summed E-state index contributed by atoms with van der Waals surface area (Å²) < 4.78 is 1.87. The van der Waals surface area contributed by atoms with Crippen molar-refractivity contribution >= 4 is 23.5 Å². The predicted octanol–water partition coefficient (Wildman–Crippen LogP) is 2.99. The SMILES string of the molecule is O=C(NC1(C(=O)O)CCCCC1)c1cc(Cl)cn1C1CC1. The number of carboxylic acids is 1. The van der Waals surface area contributed by atoms with Gasteiger partial charge in [0.05, 0.1) is 5.02 Å². The zero-order chi connectivity index (χ0) is 15.0. The summed E-state index contributed by atoms with van der Waals surface area (Å²) >= 11 is 6.00. The molecule has 0 bridgehead atoms. The average molecular weight is 311 g/mol. The van der Waals surface area contributed by atoms with Gasteiger partial charge in [-0.3, -0.25) is 4.79 Å². The maximum Gasteiger partial charge on any atom is 0.329 e. The second kappa shape index (κ2) is 5.37. The molecule has 0 saturated heterocycles. The molecule has 0 unspecified atom stereocenters. The number of nitrogens with one attached hydrogen (secondary N) is 1. The van der Waals surface area contributed by atoms with Gasteiger partial charge in [-0.2, -0.15) is 0 Å². The highest BCUT2D eigenvalue weighted by Gasteiger charge is 2.42. The van der Waals surface area contributed by atoms with Crippen LogP contribution in [0.25, 0.3) is 0 Å². The van der Waals surface area contributed by atoms with E-state index in [1.807, 2.05) is 4.57 Å². The van der Waals surface area contributed by atoms with Crippen LogP contribution in [-0.4, -0.2) is 27.1 Å². The number of carboxylic acid groups (broad SMARTS) is 1. The molecule has 0 aliphatic heterocycles. The molecular formula is C15H19ClN2O3. The van der Waals surface area contributed by atoms with Crippen molar-refractivity contribution in [3.05, 3.63) is 23.0 Å². The Morgan fingerprint density at radius 3 is 2.52 bits per heavy atom. The topological polar surface area (TPSA) is 71.3 Å². The Morgan fingerprint density at radius 2 is 1.95 bits per heavy atom. The summed E-state index contributed by atoms with van der Waals surface area (Å²) in [5.41, 5.74) is -0.658. The summed E-state index contributed by atoms with van der Waals surface area (Å²) in [6.07, 6.45) is 7.49. The van der Waals surface area contributed by atoms with Gasteiger partial charge in [0.2, 0.25) is 0 Å². The number of carbonyl (C=O) groups excluding carboxylic acids is 1. The van der Waals surface area contributed by atoms with Crippen molar-refractivity contribution in [2.45, 2.75) is 56.5 Å². The van der Waals surface area contributed by atoms with E-state index in [1.165, 1.54) is 0 Å². The van der Waals surface area contributed by atoms with Gasteiger partial charge < -0.3 is 15.0 Å². The second-order valence-corrected chi connectivity index (χ2v) is 6.52. The normalized spacial score (nSPS) is 21.0. The summed E-state index contributed by atoms with van der Waals surface area (Å²) in [5.74, 6) is -1.27. The van der Waals surface area contributed by atoms with E-state index in [-0.39, 0.29) is 5.91 Å². The van der Waals surface area contributed by atoms with Gasteiger partial charge >= 0.3 is 5.97 Å². The Morgan fingerprint density at radius 1 is 1.29 bits per heavy atom. The van der Waals surface area contributed by atoms with Gasteiger partial charge in [0.1, 0.15) is 11.2 Å². The Balaban J connectivity index is 1.83. The van der Waals surface area contributed by atoms with E-state index in [9.17, 15) is 14.7 Å². The molecule has 2 N–H and O–H groups in total. The standard InChI is InChI=1S/C15H19ClN2O3/c16-10-8-12(18(9-10)11-4-5-11)13(19)17-15(14(20)21)6-2-1-3-7-15/h8-9,11H,1-7H2,(H,17,19)(H,20,21). The summed E-state index contributed by atoms with van der Waals surface area (Å²) in [6, 6.07) is 1.94. The Kier molecular flexibility index (Phi) is 3.69. The van der Waals surface area contributed by atoms with Gasteiger partial charge in [0.15, 0.2) is 0 Å². The van der Waals surface area contributed by atoms with E-state index in [0.29, 0.717) is 29.6 Å². The molecule has 1 heterocycles. The summed E-state index contributed by atoms with van der Waals surface area (Å²) in [6.45, 7) is 0. The molecule has 2 fully saturated rings. The Bertz CT molecular complexity index is 571. The lowest BCUT2D eigenvalue weighted by atomic mass is 9.81. The number of hydrogen-bond donors (Lipinski definition) is 2. The number of rotatable bonds is 4. The first-order chi connectivity index (χ1) is 10.0. The zero-order valence-electron chi connectivity index (χ0n) is 11.8. The summed E-state index contributed by atoms with van der Waals surface area (Å²) in [4.78, 5) is 24.2. The van der Waals surface area contributed by atoms with Crippen molar-refractivity contribution in [3.63, 3.8) is 0 Å². The molecule has 0 spiro atoms. The predicted molar refractivity (Wildman–Crippen MR) is 78.6 cm³/mol. The minimum atomic E-state index is -1.12. The van der Waals surface area contributed by atoms with Crippen molar-refractivity contribution in [1.82, 2.24) is 9.88 Å². The van der Waals surface area contributed by atoms with Gasteiger partial charge in [-0.25, -0.2) is 4.79 Å². The molecule has 1 aromatic heterocycles. The third-order valence-corrected chi connectivity index (χ3v) is 4.66. The molecule has 114 valence electrons. The molecule has 2 saturated carbocycles. The Hall–Kier alpha value is -1.49. The number of halogens is 1. The number of nitrogens with zero attached hydrogens (tertiary/aromatic N) is 1. The monoisotopic (exact) mass is 310 g/mol. The molecule has 21 heavy (non-hydrogen) atoms. The van der Waals surface area contributed by atoms with E-state index in [1.54, 1.807) is 12.3 Å². The van der Waals surface area contributed by atoms with Crippen LogP contribution in [0, 0.1) is 0 Å². The van der Waals surface area contributed by atoms with E-state index in [2.05, 4.69) is 5.32 Å². The van der Waals surface area contributed by atoms with Gasteiger partial charge in [-0.05, 0) is 31.7 Å². The highest BCUT2D eigenvalue weighted by molar-refractivity contribution is 6.31. The van der Waals surface area contributed by atoms with E-state index in [4.69, 9.17) is 11.6 Å². The van der Waals surface area contributed by atoms with Gasteiger partial charge in [-0.1, -0.05) is 30.9 Å². The molecule has 0 atom stereocenters. The zero-order valence-corrected chi connectivity index (χ0v) is 12.5. The van der Waals surface area contributed by atoms with Gasteiger partial charge in [-0.15, -0.1) is 0 Å². The molecule has 0 radical (unpaired) electrons. The molecule has 2 aliphatic carbocycles. The van der Waals surface area contributed by atoms with Crippen molar-refractivity contribution in [3.8, 4) is 0 Å².